The molecule has 20 N–H and O–H groups in total. The van der Waals surface area contributed by atoms with Crippen LogP contribution in [0.2, 0.25) is 0 Å². The molecule has 0 radical (unpaired) electrons. The van der Waals surface area contributed by atoms with E-state index in [0.29, 0.717) is 29.5 Å². The van der Waals surface area contributed by atoms with Crippen LogP contribution in [0.25, 0.3) is 0 Å². The number of nitrogens with one attached hydrogen (secondary N) is 7. The molecule has 1 aliphatic heterocycles. The number of ketones is 7. The Kier molecular flexibility index (Phi) is 45.0. The van der Waals surface area contributed by atoms with Gasteiger partial charge in [0.1, 0.15) is 17.6 Å². The first-order chi connectivity index (χ1) is 56.4. The molecule has 32 heteroatoms. The summed E-state index contributed by atoms with van der Waals surface area (Å²) in [6.07, 6.45) is -3.40. The molecule has 0 spiro atoms. The molecule has 3 aromatic carbocycles. The van der Waals surface area contributed by atoms with Crippen LogP contribution >= 0.6 is 11.8 Å². The Morgan fingerprint density at radius 3 is 1.44 bits per heavy atom. The van der Waals surface area contributed by atoms with Gasteiger partial charge < -0.3 is 71.4 Å². The first-order valence-corrected chi connectivity index (χ1v) is 42.7. The maximum atomic E-state index is 15.3. The van der Waals surface area contributed by atoms with Crippen LogP contribution in [0.3, 0.4) is 0 Å². The standard InChI is InChI=1S/C87H129N15O16S/c1-9-53(7)63-47-70(104)60(39-55-24-14-11-15-25-55)44-75(109)80(54(8)10-2)102-83(116)61(38-51(3)4)45-73(107)65(40-56-26-16-12-17-27-56)97-78(111)50-119-49-68(69(103)34-35-77(90)110)101-82(115)59(31-22-36-95-86(91)92)43-72(106)66(41-57-28-18-13-19-29-57)99-84(117)62(52(5)6)46-74(108)64(32-23-37-96-87(93)94)98-85(118)67(48-79(112)113)100-81(114)58(42-71(63)105)30-20-21-33-76(88)89/h11-19,24-29,51-54,58-68,80H,9-10,20-23,30-50H2,1-8H3,(H3,88,89)(H2,90,110)(H,97,111)(H,98,118)(H,99,117)(H,100,114)(H,101,115)(H,102,116)(H,112,113)(H4,91,92,95)(H4,93,94,96)/t53-,54-,58+,59+,60+,61+,62-,63-,64-,65-,66-,67-,68-,80-/m0/s1. The lowest BCUT2D eigenvalue weighted by Gasteiger charge is -2.29. The zero-order chi connectivity index (χ0) is 88.4. The number of carboxylic acid groups (broad SMARTS) is 1. The largest absolute Gasteiger partial charge is 0.481 e. The van der Waals surface area contributed by atoms with Gasteiger partial charge in [0, 0.05) is 112 Å². The van der Waals surface area contributed by atoms with E-state index in [0.717, 1.165) is 11.8 Å². The SMILES string of the molecule is CC[C@H](C)[C@@H]1CC(=O)[C@H](Cc2ccccc2)CC(=O)[C@H]([C@@H](C)CC)NC(=O)[C@H](CC(C)C)CC(=O)[C@H](Cc2ccccc2)NC(=O)CSC[C@@H](C(=O)CCC(N)=O)NC(=O)[C@H](CCCN=C(N)N)CC(=O)[C@H](Cc2ccccc2)NC(=O)[C@H](C(C)C)CC(=O)[C@H](CCCN=C(N)N)NC(=O)[C@H](CC(=O)O)NC(=O)[C@H](CCCCC(=N)N)CC1=O. The summed E-state index contributed by atoms with van der Waals surface area (Å²) in [4.78, 5) is 227. The number of hydrogen-bond donors (Lipinski definition) is 14. The van der Waals surface area contributed by atoms with E-state index in [4.69, 9.17) is 39.8 Å². The number of amidine groups is 1. The Morgan fingerprint density at radius 1 is 0.462 bits per heavy atom. The van der Waals surface area contributed by atoms with Crippen molar-refractivity contribution in [3.63, 3.8) is 0 Å². The second-order valence-electron chi connectivity index (χ2n) is 32.3. The second kappa shape index (κ2) is 53.1. The molecule has 31 nitrogen and oxygen atoms in total. The van der Waals surface area contributed by atoms with E-state index in [9.17, 15) is 48.3 Å². The molecule has 119 heavy (non-hydrogen) atoms. The van der Waals surface area contributed by atoms with Gasteiger partial charge in [-0.15, -0.1) is 11.8 Å². The number of thioether (sulfide) groups is 1. The van der Waals surface area contributed by atoms with Gasteiger partial charge in [-0.3, -0.25) is 87.3 Å². The zero-order valence-corrected chi connectivity index (χ0v) is 71.1. The number of amides is 7. The van der Waals surface area contributed by atoms with E-state index in [-0.39, 0.29) is 138 Å². The smallest absolute Gasteiger partial charge is 0.305 e. The summed E-state index contributed by atoms with van der Waals surface area (Å²) >= 11 is 0.911. The fraction of sp³-hybridized carbons (Fsp3) is 0.586. The molecule has 0 aromatic heterocycles. The first-order valence-electron chi connectivity index (χ1n) is 41.5. The number of guanidine groups is 2. The molecule has 0 aliphatic carbocycles. The number of Topliss-reactive ketones (excluding diaryl/α,β-unsaturated/α-hetero) is 7. The molecule has 0 saturated carbocycles. The predicted octanol–water partition coefficient (Wildman–Crippen LogP) is 5.53. The van der Waals surface area contributed by atoms with Gasteiger partial charge in [-0.2, -0.15) is 0 Å². The van der Waals surface area contributed by atoms with Gasteiger partial charge in [-0.05, 0) is 105 Å². The van der Waals surface area contributed by atoms with Crippen molar-refractivity contribution in [2.75, 3.05) is 24.6 Å². The Bertz CT molecular complexity index is 3950. The molecule has 1 saturated heterocycles. The maximum absolute atomic E-state index is 15.3. The molecular weight excluding hydrogens is 1540 g/mol. The van der Waals surface area contributed by atoms with Crippen LogP contribution in [0, 0.1) is 64.6 Å². The van der Waals surface area contributed by atoms with Gasteiger partial charge in [0.05, 0.1) is 48.2 Å². The van der Waals surface area contributed by atoms with Crippen molar-refractivity contribution < 1.29 is 77.0 Å². The first kappa shape index (κ1) is 101. The molecule has 0 unspecified atom stereocenters. The van der Waals surface area contributed by atoms with E-state index >= 15 is 28.8 Å². The highest BCUT2D eigenvalue weighted by atomic mass is 32.2. The fourth-order valence-electron chi connectivity index (χ4n) is 14.5. The van der Waals surface area contributed by atoms with Crippen molar-refractivity contribution in [1.82, 2.24) is 31.9 Å². The molecule has 1 heterocycles. The van der Waals surface area contributed by atoms with Crippen LogP contribution in [-0.4, -0.2) is 172 Å². The van der Waals surface area contributed by atoms with Gasteiger partial charge in [0.25, 0.3) is 0 Å². The zero-order valence-electron chi connectivity index (χ0n) is 70.3. The number of aliphatic imine (C=N–C) groups is 2. The predicted molar refractivity (Wildman–Crippen MR) is 457 cm³/mol. The number of carbonyl (C=O) groups is 15. The minimum absolute atomic E-state index is 0.00385. The lowest BCUT2D eigenvalue weighted by molar-refractivity contribution is -0.142. The highest BCUT2D eigenvalue weighted by Crippen LogP contribution is 2.31. The van der Waals surface area contributed by atoms with Gasteiger partial charge in [0.2, 0.25) is 41.4 Å². The minimum Gasteiger partial charge on any atom is -0.481 e. The van der Waals surface area contributed by atoms with Crippen LogP contribution in [0.15, 0.2) is 101 Å². The fourth-order valence-corrected chi connectivity index (χ4v) is 15.4. The number of aliphatic carboxylic acids is 1. The number of primary amides is 1. The topological polar surface area (TPSA) is 553 Å². The van der Waals surface area contributed by atoms with Gasteiger partial charge >= 0.3 is 5.97 Å². The van der Waals surface area contributed by atoms with E-state index in [2.05, 4.69) is 41.9 Å². The summed E-state index contributed by atoms with van der Waals surface area (Å²) in [5, 5.41) is 34.9. The van der Waals surface area contributed by atoms with Gasteiger partial charge in [-0.1, -0.05) is 166 Å². The number of carboxylic acids is 1. The molecule has 1 aliphatic rings. The number of unbranched alkanes of at least 4 members (excludes halogenated alkanes) is 1. The second-order valence-corrected chi connectivity index (χ2v) is 33.3. The van der Waals surface area contributed by atoms with E-state index in [1.165, 1.54) is 0 Å². The maximum Gasteiger partial charge on any atom is 0.305 e. The number of rotatable bonds is 32. The summed E-state index contributed by atoms with van der Waals surface area (Å²) < 4.78 is 0. The van der Waals surface area contributed by atoms with Crippen LogP contribution in [0.4, 0.5) is 0 Å². The Balaban J connectivity index is 1.99. The highest BCUT2D eigenvalue weighted by Gasteiger charge is 2.41. The molecule has 7 amide bonds. The Labute approximate surface area is 703 Å². The molecular formula is C87H129N15O16S. The average Bonchev–Trinajstić information content (AvgIpc) is 0.843. The van der Waals surface area contributed by atoms with Crippen LogP contribution < -0.4 is 66.3 Å². The lowest BCUT2D eigenvalue weighted by Crippen LogP contribution is -2.54. The number of nitrogens with zero attached hydrogens (tertiary/aromatic N) is 2. The third-order valence-electron chi connectivity index (χ3n) is 21.8. The molecule has 14 atom stereocenters. The Hall–Kier alpha value is -10.5. The average molecular weight is 1670 g/mol. The van der Waals surface area contributed by atoms with Gasteiger partial charge in [0.15, 0.2) is 40.8 Å². The van der Waals surface area contributed by atoms with Crippen molar-refractivity contribution in [3.05, 3.63) is 108 Å². The Morgan fingerprint density at radius 2 is 0.924 bits per heavy atom. The number of carbonyl (C=O) groups excluding carboxylic acids is 14. The number of benzene rings is 3. The summed E-state index contributed by atoms with van der Waals surface area (Å²) in [5.74, 6) is -21.5. The molecule has 1 fully saturated rings. The van der Waals surface area contributed by atoms with Crippen molar-refractivity contribution in [2.45, 2.75) is 239 Å². The number of nitrogens with two attached hydrogens (primary N) is 6. The summed E-state index contributed by atoms with van der Waals surface area (Å²) in [6, 6.07) is 17.7. The molecule has 3 aromatic rings. The normalized spacial score (nSPS) is 23.5. The number of hydrogen-bond acceptors (Lipinski definition) is 19. The molecule has 0 bridgehead atoms. The minimum atomic E-state index is -1.90. The summed E-state index contributed by atoms with van der Waals surface area (Å²) in [7, 11) is 0. The van der Waals surface area contributed by atoms with Gasteiger partial charge in [-0.25, -0.2) is 0 Å². The van der Waals surface area contributed by atoms with Crippen LogP contribution in [0.5, 0.6) is 0 Å². The monoisotopic (exact) mass is 1670 g/mol. The molecule has 654 valence electrons. The van der Waals surface area contributed by atoms with E-state index in [1.807, 2.05) is 27.7 Å². The van der Waals surface area contributed by atoms with Crippen molar-refractivity contribution in [1.29, 1.82) is 5.41 Å². The van der Waals surface area contributed by atoms with Crippen LogP contribution in [0.1, 0.15) is 200 Å². The quantitative estimate of drug-likeness (QED) is 0.0207. The third kappa shape index (κ3) is 38.0. The van der Waals surface area contributed by atoms with Crippen molar-refractivity contribution >= 4 is 117 Å². The van der Waals surface area contributed by atoms with Crippen molar-refractivity contribution in [3.8, 4) is 0 Å². The third-order valence-corrected chi connectivity index (χ3v) is 22.8. The van der Waals surface area contributed by atoms with Crippen molar-refractivity contribution in [2.24, 2.45) is 104 Å². The molecule has 4 rings (SSSR count). The van der Waals surface area contributed by atoms with Crippen LogP contribution in [-0.2, 0) is 91.2 Å². The summed E-state index contributed by atoms with van der Waals surface area (Å²) in [6.45, 7) is 14.2. The lowest BCUT2D eigenvalue weighted by atomic mass is 9.76. The van der Waals surface area contributed by atoms with E-state index in [1.54, 1.807) is 119 Å². The summed E-state index contributed by atoms with van der Waals surface area (Å²) in [5.41, 5.74) is 35.8. The highest BCUT2D eigenvalue weighted by molar-refractivity contribution is 8.00. The van der Waals surface area contributed by atoms with E-state index < -0.39 is 222 Å².